The Bertz CT molecular complexity index is 1550. The molecule has 3 heterocycles. The molecule has 0 saturated carbocycles. The second-order valence-electron chi connectivity index (χ2n) is 7.55. The van der Waals surface area contributed by atoms with Crippen LogP contribution in [0.15, 0.2) is 61.2 Å². The van der Waals surface area contributed by atoms with Crippen LogP contribution in [0.5, 0.6) is 0 Å². The molecule has 3 N–H and O–H groups in total. The molecule has 0 radical (unpaired) electrons. The van der Waals surface area contributed by atoms with Crippen molar-refractivity contribution < 1.29 is 27.5 Å². The quantitative estimate of drug-likeness (QED) is 0.255. The van der Waals surface area contributed by atoms with Crippen LogP contribution in [0.4, 0.5) is 23.4 Å². The summed E-state index contributed by atoms with van der Waals surface area (Å²) in [6, 6.07) is 14.1. The summed E-state index contributed by atoms with van der Waals surface area (Å²) in [7, 11) is 0. The van der Waals surface area contributed by atoms with E-state index in [0.717, 1.165) is 27.8 Å². The smallest absolute Gasteiger partial charge is 0.475 e. The van der Waals surface area contributed by atoms with Crippen LogP contribution in [-0.4, -0.2) is 41.8 Å². The fourth-order valence-corrected chi connectivity index (χ4v) is 3.81. The first-order valence-electron chi connectivity index (χ1n) is 10.3. The van der Waals surface area contributed by atoms with E-state index in [0.29, 0.717) is 16.5 Å². The number of anilines is 1. The number of nitrogens with zero attached hydrogens (tertiary/aromatic N) is 4. The van der Waals surface area contributed by atoms with Crippen molar-refractivity contribution in [3.63, 3.8) is 0 Å². The maximum Gasteiger partial charge on any atom is 0.490 e. The standard InChI is InChI=1S/C21H16ClFN6.C2HF3O2/c1-12(28-21-19-20(25-10-24-19)26-11-27-21)18-9-15-16(22)6-3-7-17(15)29(18)14-5-2-4-13(23)8-14;3-2(4,5)1(6)7/h2-12H,1H3,(H2,24,25,26,27,28);(H,6,7). The van der Waals surface area contributed by atoms with Gasteiger partial charge in [-0.05, 0) is 43.3 Å². The zero-order valence-electron chi connectivity index (χ0n) is 18.4. The third-order valence-electron chi connectivity index (χ3n) is 5.15. The number of H-pyrrole nitrogens is 1. The Morgan fingerprint density at radius 2 is 1.86 bits per heavy atom. The van der Waals surface area contributed by atoms with Crippen molar-refractivity contribution in [1.29, 1.82) is 0 Å². The van der Waals surface area contributed by atoms with Crippen molar-refractivity contribution in [2.24, 2.45) is 0 Å². The Labute approximate surface area is 205 Å². The van der Waals surface area contributed by atoms with Gasteiger partial charge in [-0.1, -0.05) is 23.7 Å². The van der Waals surface area contributed by atoms with Gasteiger partial charge in [0.05, 0.1) is 17.9 Å². The van der Waals surface area contributed by atoms with Gasteiger partial charge in [-0.2, -0.15) is 13.2 Å². The molecule has 1 unspecified atom stereocenters. The number of rotatable bonds is 4. The molecule has 0 aliphatic carbocycles. The highest BCUT2D eigenvalue weighted by Gasteiger charge is 2.38. The first-order chi connectivity index (χ1) is 17.1. The van der Waals surface area contributed by atoms with Crippen molar-refractivity contribution in [2.45, 2.75) is 19.1 Å². The largest absolute Gasteiger partial charge is 0.490 e. The Morgan fingerprint density at radius 3 is 2.56 bits per heavy atom. The number of carboxylic acids is 1. The number of imidazole rings is 1. The molecule has 1 atom stereocenters. The zero-order chi connectivity index (χ0) is 26.0. The lowest BCUT2D eigenvalue weighted by atomic mass is 10.2. The molecule has 36 heavy (non-hydrogen) atoms. The second-order valence-corrected chi connectivity index (χ2v) is 7.96. The summed E-state index contributed by atoms with van der Waals surface area (Å²) in [4.78, 5) is 24.6. The first kappa shape index (κ1) is 24.9. The Hall–Kier alpha value is -4.19. The molecular weight excluding hydrogens is 504 g/mol. The number of fused-ring (bicyclic) bond motifs is 2. The van der Waals surface area contributed by atoms with Gasteiger partial charge in [0.2, 0.25) is 0 Å². The number of aromatic nitrogens is 5. The molecule has 0 spiro atoms. The minimum absolute atomic E-state index is 0.164. The highest BCUT2D eigenvalue weighted by atomic mass is 35.5. The molecule has 0 saturated heterocycles. The van der Waals surface area contributed by atoms with Crippen LogP contribution in [0.2, 0.25) is 5.02 Å². The normalized spacial score (nSPS) is 12.3. The van der Waals surface area contributed by atoms with Crippen molar-refractivity contribution >= 4 is 45.5 Å². The molecule has 5 rings (SSSR count). The number of nitrogens with one attached hydrogen (secondary N) is 2. The minimum Gasteiger partial charge on any atom is -0.475 e. The van der Waals surface area contributed by atoms with Gasteiger partial charge in [0.15, 0.2) is 11.5 Å². The van der Waals surface area contributed by atoms with Gasteiger partial charge in [0.1, 0.15) is 17.7 Å². The summed E-state index contributed by atoms with van der Waals surface area (Å²) >= 11 is 6.45. The van der Waals surface area contributed by atoms with Crippen molar-refractivity contribution in [3.05, 3.63) is 77.7 Å². The predicted octanol–water partition coefficient (Wildman–Crippen LogP) is 5.90. The number of carbonyl (C=O) groups is 1. The fraction of sp³-hybridized carbons (Fsp3) is 0.130. The van der Waals surface area contributed by atoms with Gasteiger partial charge >= 0.3 is 12.1 Å². The molecule has 0 bridgehead atoms. The monoisotopic (exact) mass is 520 g/mol. The highest BCUT2D eigenvalue weighted by molar-refractivity contribution is 6.35. The van der Waals surface area contributed by atoms with Gasteiger partial charge in [0, 0.05) is 21.8 Å². The lowest BCUT2D eigenvalue weighted by Gasteiger charge is -2.18. The fourth-order valence-electron chi connectivity index (χ4n) is 3.59. The van der Waals surface area contributed by atoms with Crippen LogP contribution in [0.3, 0.4) is 0 Å². The lowest BCUT2D eigenvalue weighted by molar-refractivity contribution is -0.192. The summed E-state index contributed by atoms with van der Waals surface area (Å²) in [5.74, 6) is -2.41. The molecule has 5 aromatic rings. The van der Waals surface area contributed by atoms with Crippen LogP contribution >= 0.6 is 11.6 Å². The SMILES string of the molecule is CC(Nc1ncnc2nc[nH]c12)c1cc2c(Cl)cccc2n1-c1cccc(F)c1.O=C(O)C(F)(F)F. The number of halogens is 5. The number of benzene rings is 2. The van der Waals surface area contributed by atoms with Crippen LogP contribution < -0.4 is 5.32 Å². The van der Waals surface area contributed by atoms with E-state index < -0.39 is 12.1 Å². The third kappa shape index (κ3) is 5.08. The summed E-state index contributed by atoms with van der Waals surface area (Å²) < 4.78 is 47.7. The third-order valence-corrected chi connectivity index (χ3v) is 5.48. The number of carboxylic acid groups (broad SMARTS) is 1. The summed E-state index contributed by atoms with van der Waals surface area (Å²) in [5.41, 5.74) is 3.86. The predicted molar refractivity (Wildman–Crippen MR) is 126 cm³/mol. The van der Waals surface area contributed by atoms with Crippen LogP contribution in [-0.2, 0) is 4.79 Å². The summed E-state index contributed by atoms with van der Waals surface area (Å²) in [5, 5.41) is 12.1. The lowest BCUT2D eigenvalue weighted by Crippen LogP contribution is -2.21. The number of alkyl halides is 3. The summed E-state index contributed by atoms with van der Waals surface area (Å²) in [6.45, 7) is 2.02. The van der Waals surface area contributed by atoms with E-state index in [1.54, 1.807) is 12.4 Å². The molecule has 0 aliphatic rings. The number of hydrogen-bond donors (Lipinski definition) is 3. The Morgan fingerprint density at radius 1 is 1.14 bits per heavy atom. The van der Waals surface area contributed by atoms with E-state index in [2.05, 4.69) is 25.3 Å². The number of hydrogen-bond acceptors (Lipinski definition) is 5. The number of aromatic amines is 1. The van der Waals surface area contributed by atoms with Gasteiger partial charge in [-0.15, -0.1) is 0 Å². The van der Waals surface area contributed by atoms with E-state index >= 15 is 0 Å². The van der Waals surface area contributed by atoms with Gasteiger partial charge in [0.25, 0.3) is 0 Å². The van der Waals surface area contributed by atoms with E-state index in [9.17, 15) is 17.6 Å². The highest BCUT2D eigenvalue weighted by Crippen LogP contribution is 2.34. The van der Waals surface area contributed by atoms with Crippen LogP contribution in [0.1, 0.15) is 18.7 Å². The van der Waals surface area contributed by atoms with E-state index in [4.69, 9.17) is 21.5 Å². The average Bonchev–Trinajstić information content (AvgIpc) is 3.45. The Balaban J connectivity index is 0.000000384. The molecular formula is C23H17ClF4N6O2. The molecule has 2 aromatic carbocycles. The van der Waals surface area contributed by atoms with E-state index in [1.807, 2.05) is 41.8 Å². The van der Waals surface area contributed by atoms with Crippen LogP contribution in [0.25, 0.3) is 27.8 Å². The first-order valence-corrected chi connectivity index (χ1v) is 10.7. The molecule has 186 valence electrons. The molecule has 0 amide bonds. The van der Waals surface area contributed by atoms with E-state index in [1.165, 1.54) is 18.5 Å². The minimum atomic E-state index is -5.08. The Kier molecular flexibility index (Phi) is 6.80. The van der Waals surface area contributed by atoms with Crippen LogP contribution in [0, 0.1) is 5.82 Å². The second kappa shape index (κ2) is 9.82. The molecule has 0 fully saturated rings. The maximum absolute atomic E-state index is 14.0. The maximum atomic E-state index is 14.0. The van der Waals surface area contributed by atoms with Crippen molar-refractivity contribution in [2.75, 3.05) is 5.32 Å². The summed E-state index contributed by atoms with van der Waals surface area (Å²) in [6.07, 6.45) is -2.03. The van der Waals surface area contributed by atoms with Gasteiger partial charge < -0.3 is 20.0 Å². The topological polar surface area (TPSA) is 109 Å². The van der Waals surface area contributed by atoms with Crippen molar-refractivity contribution in [3.8, 4) is 5.69 Å². The average molecular weight is 521 g/mol. The zero-order valence-corrected chi connectivity index (χ0v) is 19.1. The number of aliphatic carboxylic acids is 1. The van der Waals surface area contributed by atoms with Gasteiger partial charge in [-0.25, -0.2) is 24.1 Å². The van der Waals surface area contributed by atoms with Crippen molar-refractivity contribution in [1.82, 2.24) is 24.5 Å². The van der Waals surface area contributed by atoms with E-state index in [-0.39, 0.29) is 11.9 Å². The molecule has 8 nitrogen and oxygen atoms in total. The molecule has 3 aromatic heterocycles. The molecule has 13 heteroatoms. The van der Waals surface area contributed by atoms with Gasteiger partial charge in [-0.3, -0.25) is 0 Å². The molecule has 0 aliphatic heterocycles.